The van der Waals surface area contributed by atoms with Crippen molar-refractivity contribution in [3.8, 4) is 0 Å². The molecule has 0 aliphatic heterocycles. The maximum absolute atomic E-state index is 5.76. The summed E-state index contributed by atoms with van der Waals surface area (Å²) in [6, 6.07) is 0. The van der Waals surface area contributed by atoms with E-state index >= 15 is 0 Å². The van der Waals surface area contributed by atoms with Crippen molar-refractivity contribution in [2.24, 2.45) is 5.73 Å². The van der Waals surface area contributed by atoms with E-state index in [0.717, 1.165) is 6.54 Å². The predicted octanol–water partition coefficient (Wildman–Crippen LogP) is 5.18. The molecule has 0 amide bonds. The maximum atomic E-state index is 5.76. The molecule has 0 atom stereocenters. The van der Waals surface area contributed by atoms with Crippen LogP contribution in [0.3, 0.4) is 0 Å². The summed E-state index contributed by atoms with van der Waals surface area (Å²) >= 11 is -1.77. The van der Waals surface area contributed by atoms with Crippen molar-refractivity contribution in [2.75, 3.05) is 6.54 Å². The van der Waals surface area contributed by atoms with Crippen molar-refractivity contribution in [3.63, 3.8) is 0 Å². The zero-order valence-electron chi connectivity index (χ0n) is 12.6. The first kappa shape index (κ1) is 17.8. The minimum atomic E-state index is -1.77. The first-order chi connectivity index (χ1) is 8.24. The molecule has 0 aromatic carbocycles. The van der Waals surface area contributed by atoms with Gasteiger partial charge in [-0.3, -0.25) is 0 Å². The van der Waals surface area contributed by atoms with Crippen molar-refractivity contribution >= 4 is 18.4 Å². The molecule has 0 rings (SSSR count). The summed E-state index contributed by atoms with van der Waals surface area (Å²) in [7, 11) is 0. The molecule has 0 aliphatic rings. The molecule has 0 fully saturated rings. The third-order valence-corrected chi connectivity index (χ3v) is 20.2. The van der Waals surface area contributed by atoms with Crippen LogP contribution in [0.25, 0.3) is 0 Å². The van der Waals surface area contributed by atoms with E-state index in [1.807, 2.05) is 0 Å². The van der Waals surface area contributed by atoms with E-state index in [0.29, 0.717) is 0 Å². The van der Waals surface area contributed by atoms with E-state index in [4.69, 9.17) is 5.73 Å². The molecule has 17 heavy (non-hydrogen) atoms. The van der Waals surface area contributed by atoms with Crippen LogP contribution in [0.4, 0.5) is 0 Å². The fourth-order valence-corrected chi connectivity index (χ4v) is 19.3. The number of rotatable bonds is 12. The zero-order valence-corrected chi connectivity index (χ0v) is 15.4. The van der Waals surface area contributed by atoms with E-state index in [9.17, 15) is 0 Å². The molecule has 104 valence electrons. The molecule has 0 saturated heterocycles. The van der Waals surface area contributed by atoms with Crippen LogP contribution in [-0.4, -0.2) is 24.9 Å². The quantitative estimate of drug-likeness (QED) is 0.483. The van der Waals surface area contributed by atoms with Gasteiger partial charge in [-0.1, -0.05) is 0 Å². The van der Waals surface area contributed by atoms with E-state index in [1.54, 1.807) is 17.7 Å². The monoisotopic (exact) mass is 349 g/mol. The Bertz CT molecular complexity index is 121. The van der Waals surface area contributed by atoms with Crippen LogP contribution in [0.15, 0.2) is 0 Å². The molecule has 0 spiro atoms. The van der Waals surface area contributed by atoms with E-state index in [2.05, 4.69) is 20.8 Å². The van der Waals surface area contributed by atoms with Crippen LogP contribution < -0.4 is 5.73 Å². The van der Waals surface area contributed by atoms with E-state index in [1.165, 1.54) is 44.9 Å². The second-order valence-electron chi connectivity index (χ2n) is 5.70. The molecular formula is C15H35NSn. The van der Waals surface area contributed by atoms with Gasteiger partial charge < -0.3 is 0 Å². The van der Waals surface area contributed by atoms with E-state index in [-0.39, 0.29) is 0 Å². The number of nitrogens with two attached hydrogens (primary N) is 1. The standard InChI is InChI=1S/3C4H9.C3H8N.Sn/c3*1-3-4-2;1-2-3-4;/h3*1,3-4H2,2H3;1-4H2;. The normalized spacial score (nSPS) is 12.0. The van der Waals surface area contributed by atoms with Gasteiger partial charge in [-0.2, -0.15) is 0 Å². The molecule has 0 aliphatic carbocycles. The molecule has 0 bridgehead atoms. The SMILES string of the molecule is CCC[CH2][Sn]([CH2]CCC)([CH2]CCC)[CH2]CCN. The number of hydrogen-bond acceptors (Lipinski definition) is 1. The fourth-order valence-electron chi connectivity index (χ4n) is 2.88. The minimum absolute atomic E-state index is 0.920. The van der Waals surface area contributed by atoms with Crippen molar-refractivity contribution in [1.29, 1.82) is 0 Å². The van der Waals surface area contributed by atoms with Gasteiger partial charge in [0.25, 0.3) is 0 Å². The second kappa shape index (κ2) is 11.8. The molecule has 0 aromatic rings. The average Bonchev–Trinajstić information content (AvgIpc) is 2.37. The topological polar surface area (TPSA) is 26.0 Å². The van der Waals surface area contributed by atoms with Gasteiger partial charge in [-0.15, -0.1) is 0 Å². The third kappa shape index (κ3) is 8.47. The molecule has 0 radical (unpaired) electrons. The van der Waals surface area contributed by atoms with Crippen molar-refractivity contribution in [1.82, 2.24) is 0 Å². The molecule has 2 heteroatoms. The third-order valence-electron chi connectivity index (χ3n) is 4.09. The number of unbranched alkanes of at least 4 members (excludes halogenated alkanes) is 3. The molecule has 1 nitrogen and oxygen atoms in total. The Morgan fingerprint density at radius 1 is 0.647 bits per heavy atom. The Labute approximate surface area is 114 Å². The van der Waals surface area contributed by atoms with Gasteiger partial charge in [0.2, 0.25) is 0 Å². The van der Waals surface area contributed by atoms with Crippen LogP contribution in [-0.2, 0) is 0 Å². The van der Waals surface area contributed by atoms with Gasteiger partial charge in [-0.05, 0) is 0 Å². The Hall–Kier alpha value is 0.759. The summed E-state index contributed by atoms with van der Waals surface area (Å²) < 4.78 is 6.51. The van der Waals surface area contributed by atoms with Gasteiger partial charge >= 0.3 is 114 Å². The zero-order chi connectivity index (χ0) is 13.0. The Morgan fingerprint density at radius 3 is 1.29 bits per heavy atom. The molecule has 0 saturated carbocycles. The average molecular weight is 348 g/mol. The molecule has 0 aromatic heterocycles. The second-order valence-corrected chi connectivity index (χ2v) is 20.0. The number of hydrogen-bond donors (Lipinski definition) is 1. The van der Waals surface area contributed by atoms with Crippen molar-refractivity contribution in [2.45, 2.75) is 83.5 Å². The summed E-state index contributed by atoms with van der Waals surface area (Å²) in [5, 5.41) is 0. The Morgan fingerprint density at radius 2 is 1.00 bits per heavy atom. The first-order valence-electron chi connectivity index (χ1n) is 7.94. The van der Waals surface area contributed by atoms with E-state index < -0.39 is 18.4 Å². The predicted molar refractivity (Wildman–Crippen MR) is 83.4 cm³/mol. The molecule has 0 unspecified atom stereocenters. The summed E-state index contributed by atoms with van der Waals surface area (Å²) in [6.45, 7) is 7.96. The van der Waals surface area contributed by atoms with Crippen LogP contribution in [0.1, 0.15) is 65.7 Å². The summed E-state index contributed by atoms with van der Waals surface area (Å²) in [6.07, 6.45) is 9.96. The fraction of sp³-hybridized carbons (Fsp3) is 1.00. The van der Waals surface area contributed by atoms with Crippen LogP contribution in [0.5, 0.6) is 0 Å². The van der Waals surface area contributed by atoms with Gasteiger partial charge in [0.15, 0.2) is 0 Å². The first-order valence-corrected chi connectivity index (χ1v) is 16.0. The van der Waals surface area contributed by atoms with Gasteiger partial charge in [0, 0.05) is 0 Å². The molecular weight excluding hydrogens is 313 g/mol. The van der Waals surface area contributed by atoms with Crippen molar-refractivity contribution < 1.29 is 0 Å². The summed E-state index contributed by atoms with van der Waals surface area (Å²) in [5.41, 5.74) is 5.76. The molecule has 2 N–H and O–H groups in total. The van der Waals surface area contributed by atoms with Gasteiger partial charge in [0.1, 0.15) is 0 Å². The van der Waals surface area contributed by atoms with Crippen LogP contribution in [0.2, 0.25) is 17.7 Å². The summed E-state index contributed by atoms with van der Waals surface area (Å²) in [4.78, 5) is 0. The van der Waals surface area contributed by atoms with Crippen LogP contribution in [0, 0.1) is 0 Å². The Balaban J connectivity index is 4.39. The van der Waals surface area contributed by atoms with Crippen molar-refractivity contribution in [3.05, 3.63) is 0 Å². The molecule has 0 heterocycles. The Kier molecular flexibility index (Phi) is 12.4. The van der Waals surface area contributed by atoms with Gasteiger partial charge in [-0.25, -0.2) is 0 Å². The van der Waals surface area contributed by atoms with Gasteiger partial charge in [0.05, 0.1) is 0 Å². The summed E-state index contributed by atoms with van der Waals surface area (Å²) in [5.74, 6) is 0. The van der Waals surface area contributed by atoms with Crippen LogP contribution >= 0.6 is 0 Å².